The van der Waals surface area contributed by atoms with Crippen molar-refractivity contribution in [2.75, 3.05) is 13.9 Å². The van der Waals surface area contributed by atoms with Crippen molar-refractivity contribution in [2.45, 2.75) is 6.61 Å². The summed E-state index contributed by atoms with van der Waals surface area (Å²) >= 11 is 0. The zero-order valence-electron chi connectivity index (χ0n) is 11.5. The van der Waals surface area contributed by atoms with Gasteiger partial charge in [-0.15, -0.1) is 0 Å². The molecule has 0 fully saturated rings. The highest BCUT2D eigenvalue weighted by atomic mass is 19.1. The van der Waals surface area contributed by atoms with Gasteiger partial charge in [0.25, 0.3) is 0 Å². The third-order valence-electron chi connectivity index (χ3n) is 2.76. The number of halogens is 1. The van der Waals surface area contributed by atoms with Gasteiger partial charge in [0.05, 0.1) is 5.56 Å². The molecule has 0 radical (unpaired) electrons. The minimum Gasteiger partial charge on any atom is -0.485 e. The molecule has 0 atom stereocenters. The summed E-state index contributed by atoms with van der Waals surface area (Å²) < 4.78 is 29.4. The summed E-state index contributed by atoms with van der Waals surface area (Å²) in [6.07, 6.45) is 0.427. The van der Waals surface area contributed by atoms with E-state index in [1.165, 1.54) is 13.2 Å². The van der Waals surface area contributed by atoms with Crippen LogP contribution in [-0.4, -0.2) is 20.2 Å². The molecule has 0 N–H and O–H groups in total. The summed E-state index contributed by atoms with van der Waals surface area (Å²) in [5, 5.41) is 0. The van der Waals surface area contributed by atoms with Crippen molar-refractivity contribution in [1.29, 1.82) is 0 Å². The fourth-order valence-electron chi connectivity index (χ4n) is 1.72. The lowest BCUT2D eigenvalue weighted by atomic mass is 10.2. The Bertz CT molecular complexity index is 599. The molecule has 2 aromatic rings. The van der Waals surface area contributed by atoms with Crippen molar-refractivity contribution < 1.29 is 23.4 Å². The molecule has 2 aromatic carbocycles. The van der Waals surface area contributed by atoms with E-state index in [1.54, 1.807) is 0 Å². The molecule has 0 aliphatic carbocycles. The monoisotopic (exact) mass is 290 g/mol. The summed E-state index contributed by atoms with van der Waals surface area (Å²) in [7, 11) is 1.47. The molecule has 5 heteroatoms. The molecule has 4 nitrogen and oxygen atoms in total. The number of carbonyl (C=O) groups excluding carboxylic acids is 1. The lowest BCUT2D eigenvalue weighted by molar-refractivity contribution is 0.0482. The molecule has 110 valence electrons. The largest absolute Gasteiger partial charge is 0.485 e. The second kappa shape index (κ2) is 7.40. The van der Waals surface area contributed by atoms with Crippen LogP contribution >= 0.6 is 0 Å². The maximum absolute atomic E-state index is 13.7. The van der Waals surface area contributed by atoms with Gasteiger partial charge in [-0.25, -0.2) is 4.39 Å². The van der Waals surface area contributed by atoms with Crippen LogP contribution in [0.2, 0.25) is 0 Å². The summed E-state index contributed by atoms with van der Waals surface area (Å²) in [6.45, 7) is 0.246. The predicted molar refractivity (Wildman–Crippen MR) is 75.1 cm³/mol. The normalized spacial score (nSPS) is 10.2. The zero-order chi connectivity index (χ0) is 15.1. The van der Waals surface area contributed by atoms with Crippen LogP contribution in [0.4, 0.5) is 4.39 Å². The Morgan fingerprint density at radius 2 is 1.81 bits per heavy atom. The number of carbonyl (C=O) groups is 1. The third-order valence-corrected chi connectivity index (χ3v) is 2.76. The topological polar surface area (TPSA) is 44.8 Å². The maximum atomic E-state index is 13.7. The van der Waals surface area contributed by atoms with Gasteiger partial charge in [0.1, 0.15) is 12.4 Å². The Balaban J connectivity index is 2.19. The van der Waals surface area contributed by atoms with Gasteiger partial charge in [0.15, 0.2) is 24.6 Å². The Morgan fingerprint density at radius 3 is 2.48 bits per heavy atom. The first kappa shape index (κ1) is 15.0. The lowest BCUT2D eigenvalue weighted by Crippen LogP contribution is -2.04. The first-order valence-electron chi connectivity index (χ1n) is 6.31. The Hall–Kier alpha value is -2.40. The second-order valence-electron chi connectivity index (χ2n) is 4.26. The predicted octanol–water partition coefficient (Wildman–Crippen LogP) is 3.20. The van der Waals surface area contributed by atoms with E-state index >= 15 is 0 Å². The van der Waals surface area contributed by atoms with Crippen LogP contribution in [0.1, 0.15) is 15.9 Å². The summed E-state index contributed by atoms with van der Waals surface area (Å²) in [5.74, 6) is -0.173. The Labute approximate surface area is 122 Å². The van der Waals surface area contributed by atoms with E-state index in [-0.39, 0.29) is 30.5 Å². The highest BCUT2D eigenvalue weighted by molar-refractivity contribution is 5.77. The average Bonchev–Trinajstić information content (AvgIpc) is 2.52. The van der Waals surface area contributed by atoms with Gasteiger partial charge in [-0.3, -0.25) is 4.79 Å². The van der Waals surface area contributed by atoms with Gasteiger partial charge in [0.2, 0.25) is 0 Å². The van der Waals surface area contributed by atoms with E-state index in [1.807, 2.05) is 30.3 Å². The number of aldehydes is 1. The molecule has 2 rings (SSSR count). The summed E-state index contributed by atoms with van der Waals surface area (Å²) in [4.78, 5) is 10.8. The Kier molecular flexibility index (Phi) is 5.29. The van der Waals surface area contributed by atoms with Crippen LogP contribution in [0.3, 0.4) is 0 Å². The molecule has 0 aromatic heterocycles. The van der Waals surface area contributed by atoms with E-state index in [9.17, 15) is 9.18 Å². The highest BCUT2D eigenvalue weighted by Gasteiger charge is 2.12. The molecular formula is C16H15FO4. The number of hydrogen-bond acceptors (Lipinski definition) is 4. The van der Waals surface area contributed by atoms with Crippen LogP contribution < -0.4 is 9.47 Å². The van der Waals surface area contributed by atoms with Crippen LogP contribution in [0.15, 0.2) is 42.5 Å². The van der Waals surface area contributed by atoms with E-state index in [0.717, 1.165) is 11.6 Å². The highest BCUT2D eigenvalue weighted by Crippen LogP contribution is 2.30. The van der Waals surface area contributed by atoms with Gasteiger partial charge in [-0.2, -0.15) is 0 Å². The van der Waals surface area contributed by atoms with Crippen molar-refractivity contribution >= 4 is 6.29 Å². The van der Waals surface area contributed by atoms with Crippen molar-refractivity contribution in [2.24, 2.45) is 0 Å². The van der Waals surface area contributed by atoms with Gasteiger partial charge in [0, 0.05) is 13.2 Å². The molecule has 0 aliphatic rings. The van der Waals surface area contributed by atoms with E-state index < -0.39 is 5.82 Å². The maximum Gasteiger partial charge on any atom is 0.188 e. The van der Waals surface area contributed by atoms with Crippen molar-refractivity contribution in [3.63, 3.8) is 0 Å². The van der Waals surface area contributed by atoms with Gasteiger partial charge in [-0.1, -0.05) is 30.3 Å². The standard InChI is InChI=1S/C16H15FO4/c1-19-11-21-15-7-13(9-18)14(17)8-16(15)20-10-12-5-3-2-4-6-12/h2-9H,10-11H2,1H3. The fraction of sp³-hybridized carbons (Fsp3) is 0.188. The minimum atomic E-state index is -0.655. The van der Waals surface area contributed by atoms with E-state index in [2.05, 4.69) is 0 Å². The third kappa shape index (κ3) is 4.03. The van der Waals surface area contributed by atoms with Crippen LogP contribution in [0, 0.1) is 5.82 Å². The fourth-order valence-corrected chi connectivity index (χ4v) is 1.72. The van der Waals surface area contributed by atoms with Crippen molar-refractivity contribution in [1.82, 2.24) is 0 Å². The number of rotatable bonds is 7. The van der Waals surface area contributed by atoms with Crippen LogP contribution in [-0.2, 0) is 11.3 Å². The average molecular weight is 290 g/mol. The first-order valence-corrected chi connectivity index (χ1v) is 6.31. The minimum absolute atomic E-state index is 0.0222. The molecule has 0 spiro atoms. The van der Waals surface area contributed by atoms with Crippen molar-refractivity contribution in [3.05, 3.63) is 59.4 Å². The molecule has 0 saturated carbocycles. The van der Waals surface area contributed by atoms with Crippen molar-refractivity contribution in [3.8, 4) is 11.5 Å². The molecule has 21 heavy (non-hydrogen) atoms. The summed E-state index contributed by atoms with van der Waals surface area (Å²) in [6, 6.07) is 11.9. The molecule has 0 aliphatic heterocycles. The lowest BCUT2D eigenvalue weighted by Gasteiger charge is -2.13. The number of benzene rings is 2. The molecular weight excluding hydrogens is 275 g/mol. The SMILES string of the molecule is COCOc1cc(C=O)c(F)cc1OCc1ccccc1. The van der Waals surface area contributed by atoms with Crippen LogP contribution in [0.25, 0.3) is 0 Å². The number of methoxy groups -OCH3 is 1. The molecule has 0 amide bonds. The summed E-state index contributed by atoms with van der Waals surface area (Å²) in [5.41, 5.74) is 0.850. The van der Waals surface area contributed by atoms with E-state index in [0.29, 0.717) is 6.29 Å². The molecule has 0 heterocycles. The molecule has 0 bridgehead atoms. The smallest absolute Gasteiger partial charge is 0.188 e. The number of hydrogen-bond donors (Lipinski definition) is 0. The molecule has 0 unspecified atom stereocenters. The number of ether oxygens (including phenoxy) is 3. The van der Waals surface area contributed by atoms with Gasteiger partial charge >= 0.3 is 0 Å². The zero-order valence-corrected chi connectivity index (χ0v) is 11.5. The van der Waals surface area contributed by atoms with Crippen LogP contribution in [0.5, 0.6) is 11.5 Å². The second-order valence-corrected chi connectivity index (χ2v) is 4.26. The van der Waals surface area contributed by atoms with Gasteiger partial charge in [-0.05, 0) is 11.6 Å². The molecule has 0 saturated heterocycles. The first-order chi connectivity index (χ1) is 10.2. The Morgan fingerprint density at radius 1 is 1.10 bits per heavy atom. The quantitative estimate of drug-likeness (QED) is 0.580. The van der Waals surface area contributed by atoms with Gasteiger partial charge < -0.3 is 14.2 Å². The van der Waals surface area contributed by atoms with E-state index in [4.69, 9.17) is 14.2 Å².